The third-order valence-electron chi connectivity index (χ3n) is 3.02. The predicted octanol–water partition coefficient (Wildman–Crippen LogP) is 3.06. The minimum Gasteiger partial charge on any atom is -0.405 e. The zero-order valence-corrected chi connectivity index (χ0v) is 12.4. The highest BCUT2D eigenvalue weighted by Gasteiger charge is 2.38. The van der Waals surface area contributed by atoms with Crippen LogP contribution in [0.2, 0.25) is 0 Å². The molecule has 17 heavy (non-hydrogen) atoms. The lowest BCUT2D eigenvalue weighted by Crippen LogP contribution is -2.51. The molecule has 1 heterocycles. The highest BCUT2D eigenvalue weighted by atomic mass is 79.9. The fourth-order valence-corrected chi connectivity index (χ4v) is 2.52. The first-order chi connectivity index (χ1) is 7.87. The number of rotatable bonds is 1. The molecule has 1 aliphatic heterocycles. The van der Waals surface area contributed by atoms with E-state index < -0.39 is 0 Å². The molecule has 1 aliphatic rings. The number of hydrogen-bond donors (Lipinski definition) is 0. The maximum atomic E-state index is 5.99. The van der Waals surface area contributed by atoms with E-state index in [-0.39, 0.29) is 18.8 Å². The van der Waals surface area contributed by atoms with Crippen LogP contribution in [0.15, 0.2) is 22.7 Å². The van der Waals surface area contributed by atoms with Crippen LogP contribution in [-0.2, 0) is 9.31 Å². The molecule has 4 heteroatoms. The molecule has 1 aromatic carbocycles. The van der Waals surface area contributed by atoms with Crippen LogP contribution in [0.3, 0.4) is 0 Å². The van der Waals surface area contributed by atoms with E-state index in [4.69, 9.17) is 9.31 Å². The Morgan fingerprint density at radius 3 is 2.71 bits per heavy atom. The van der Waals surface area contributed by atoms with Crippen LogP contribution >= 0.6 is 15.9 Å². The monoisotopic (exact) mass is 296 g/mol. The Labute approximate surface area is 112 Å². The van der Waals surface area contributed by atoms with Gasteiger partial charge in [0, 0.05) is 10.6 Å². The molecule has 0 radical (unpaired) electrons. The van der Waals surface area contributed by atoms with Crippen molar-refractivity contribution in [3.63, 3.8) is 0 Å². The van der Waals surface area contributed by atoms with E-state index in [1.54, 1.807) is 0 Å². The zero-order valence-electron chi connectivity index (χ0n) is 10.8. The summed E-state index contributed by atoms with van der Waals surface area (Å²) < 4.78 is 13.0. The molecule has 0 N–H and O–H groups in total. The van der Waals surface area contributed by atoms with Crippen molar-refractivity contribution < 1.29 is 9.31 Å². The Kier molecular flexibility index (Phi) is 3.67. The summed E-state index contributed by atoms with van der Waals surface area (Å²) in [5.74, 6) is 0. The van der Waals surface area contributed by atoms with Crippen LogP contribution in [0, 0.1) is 6.92 Å². The van der Waals surface area contributed by atoms with Crippen molar-refractivity contribution in [1.82, 2.24) is 0 Å². The van der Waals surface area contributed by atoms with Crippen LogP contribution in [0.25, 0.3) is 0 Å². The maximum absolute atomic E-state index is 5.99. The first-order valence-electron chi connectivity index (χ1n) is 5.97. The molecule has 0 spiro atoms. The van der Waals surface area contributed by atoms with E-state index in [2.05, 4.69) is 55.8 Å². The summed E-state index contributed by atoms with van der Waals surface area (Å²) in [6, 6.07) is 6.21. The largest absolute Gasteiger partial charge is 0.494 e. The summed E-state index contributed by atoms with van der Waals surface area (Å²) in [5.41, 5.74) is 2.17. The smallest absolute Gasteiger partial charge is 0.405 e. The minimum absolute atomic E-state index is 0.122. The van der Waals surface area contributed by atoms with Crippen molar-refractivity contribution in [2.45, 2.75) is 45.8 Å². The summed E-state index contributed by atoms with van der Waals surface area (Å²) in [6.45, 7) is 8.41. The normalized spacial score (nSPS) is 23.8. The molecular formula is C13H18BBrO2. The molecule has 0 unspecified atom stereocenters. The van der Waals surface area contributed by atoms with E-state index in [0.29, 0.717) is 0 Å². The maximum Gasteiger partial charge on any atom is 0.494 e. The molecule has 1 aromatic rings. The predicted molar refractivity (Wildman–Crippen MR) is 74.6 cm³/mol. The van der Waals surface area contributed by atoms with E-state index in [9.17, 15) is 0 Å². The summed E-state index contributed by atoms with van der Waals surface area (Å²) in [7, 11) is -0.249. The van der Waals surface area contributed by atoms with E-state index >= 15 is 0 Å². The molecule has 1 atom stereocenters. The molecule has 0 bridgehead atoms. The van der Waals surface area contributed by atoms with Crippen LogP contribution in [0.1, 0.15) is 32.8 Å². The van der Waals surface area contributed by atoms with Crippen molar-refractivity contribution in [3.8, 4) is 0 Å². The Morgan fingerprint density at radius 1 is 1.41 bits per heavy atom. The Morgan fingerprint density at radius 2 is 2.12 bits per heavy atom. The lowest BCUT2D eigenvalue weighted by Gasteiger charge is -2.38. The molecule has 0 saturated carbocycles. The first kappa shape index (κ1) is 13.1. The molecule has 0 aromatic heterocycles. The fraction of sp³-hybridized carbons (Fsp3) is 0.538. The van der Waals surface area contributed by atoms with Crippen molar-refractivity contribution in [2.75, 3.05) is 0 Å². The second-order valence-electron chi connectivity index (χ2n) is 5.37. The highest BCUT2D eigenvalue weighted by Crippen LogP contribution is 2.26. The number of hydrogen-bond acceptors (Lipinski definition) is 2. The van der Waals surface area contributed by atoms with Gasteiger partial charge in [-0.05, 0) is 51.2 Å². The molecule has 0 aliphatic carbocycles. The van der Waals surface area contributed by atoms with Gasteiger partial charge in [-0.1, -0.05) is 28.1 Å². The van der Waals surface area contributed by atoms with Gasteiger partial charge in [-0.25, -0.2) is 0 Å². The molecule has 2 rings (SSSR count). The summed E-state index contributed by atoms with van der Waals surface area (Å²) in [6.07, 6.45) is 1.16. The molecule has 0 amide bonds. The number of benzene rings is 1. The first-order valence-corrected chi connectivity index (χ1v) is 6.76. The zero-order chi connectivity index (χ0) is 12.6. The quantitative estimate of drug-likeness (QED) is 0.742. The van der Waals surface area contributed by atoms with Gasteiger partial charge in [0.25, 0.3) is 0 Å². The molecular weight excluding hydrogens is 279 g/mol. The van der Waals surface area contributed by atoms with Crippen molar-refractivity contribution in [3.05, 3.63) is 28.2 Å². The summed E-state index contributed by atoms with van der Waals surface area (Å²) in [5, 5.41) is 0. The summed E-state index contributed by atoms with van der Waals surface area (Å²) >= 11 is 3.51. The molecule has 1 fully saturated rings. The topological polar surface area (TPSA) is 18.5 Å². The molecule has 2 nitrogen and oxygen atoms in total. The SMILES string of the molecule is Cc1cc(B2O[C@@H](C)CC(C)(C)O2)ccc1Br. The Hall–Kier alpha value is -0.315. The van der Waals surface area contributed by atoms with Crippen molar-refractivity contribution in [1.29, 1.82) is 0 Å². The van der Waals surface area contributed by atoms with Gasteiger partial charge < -0.3 is 9.31 Å². The Balaban J connectivity index is 2.24. The standard InChI is InChI=1S/C13H18BBrO2/c1-9-7-11(5-6-12(9)15)14-16-10(2)8-13(3,4)17-14/h5-7,10H,8H2,1-4H3/t10-/m0/s1. The lowest BCUT2D eigenvalue weighted by molar-refractivity contribution is -0.0229. The van der Waals surface area contributed by atoms with Gasteiger partial charge in [-0.3, -0.25) is 0 Å². The third kappa shape index (κ3) is 3.12. The average Bonchev–Trinajstić information content (AvgIpc) is 2.19. The lowest BCUT2D eigenvalue weighted by atomic mass is 9.74. The van der Waals surface area contributed by atoms with E-state index in [1.807, 2.05) is 6.07 Å². The minimum atomic E-state index is -0.249. The van der Waals surface area contributed by atoms with Gasteiger partial charge in [-0.15, -0.1) is 0 Å². The van der Waals surface area contributed by atoms with Gasteiger partial charge in [0.15, 0.2) is 0 Å². The van der Waals surface area contributed by atoms with Gasteiger partial charge in [0.05, 0.1) is 5.60 Å². The fourth-order valence-electron chi connectivity index (χ4n) is 2.28. The van der Waals surface area contributed by atoms with Gasteiger partial charge >= 0.3 is 7.12 Å². The van der Waals surface area contributed by atoms with Crippen molar-refractivity contribution in [2.24, 2.45) is 0 Å². The number of aryl methyl sites for hydroxylation is 1. The molecule has 92 valence electrons. The van der Waals surface area contributed by atoms with Crippen LogP contribution in [0.4, 0.5) is 0 Å². The Bertz CT molecular complexity index is 420. The average molecular weight is 297 g/mol. The highest BCUT2D eigenvalue weighted by molar-refractivity contribution is 9.10. The van der Waals surface area contributed by atoms with E-state index in [1.165, 1.54) is 5.56 Å². The third-order valence-corrected chi connectivity index (χ3v) is 3.90. The molecule has 1 saturated heterocycles. The number of halogens is 1. The van der Waals surface area contributed by atoms with Gasteiger partial charge in [-0.2, -0.15) is 0 Å². The van der Waals surface area contributed by atoms with E-state index in [0.717, 1.165) is 16.4 Å². The summed E-state index contributed by atoms with van der Waals surface area (Å²) in [4.78, 5) is 0. The van der Waals surface area contributed by atoms with Gasteiger partial charge in [0.1, 0.15) is 0 Å². The van der Waals surface area contributed by atoms with Crippen LogP contribution in [-0.4, -0.2) is 18.8 Å². The van der Waals surface area contributed by atoms with Gasteiger partial charge in [0.2, 0.25) is 0 Å². The van der Waals surface area contributed by atoms with Crippen LogP contribution < -0.4 is 5.46 Å². The van der Waals surface area contributed by atoms with Crippen LogP contribution in [0.5, 0.6) is 0 Å². The second kappa shape index (κ2) is 4.75. The van der Waals surface area contributed by atoms with Crippen molar-refractivity contribution >= 4 is 28.5 Å². The second-order valence-corrected chi connectivity index (χ2v) is 6.22.